The Hall–Kier alpha value is -2.83. The predicted octanol–water partition coefficient (Wildman–Crippen LogP) is 5.80. The Morgan fingerprint density at radius 3 is 2.48 bits per heavy atom. The molecule has 1 heterocycles. The number of furan rings is 1. The SMILES string of the molecule is N#CC(=Cc1ccc(-c2ccccc2Cl)o1)c1ccc(F)cc1. The van der Waals surface area contributed by atoms with Crippen LogP contribution in [0, 0.1) is 17.1 Å². The number of nitrogens with zero attached hydrogens (tertiary/aromatic N) is 1. The molecule has 0 amide bonds. The molecule has 1 aromatic heterocycles. The molecule has 0 spiro atoms. The number of hydrogen-bond donors (Lipinski definition) is 0. The van der Waals surface area contributed by atoms with Gasteiger partial charge in [0.25, 0.3) is 0 Å². The van der Waals surface area contributed by atoms with E-state index in [0.29, 0.717) is 27.7 Å². The normalized spacial score (nSPS) is 11.3. The van der Waals surface area contributed by atoms with Crippen LogP contribution in [0.25, 0.3) is 23.0 Å². The molecule has 4 heteroatoms. The van der Waals surface area contributed by atoms with Crippen molar-refractivity contribution in [2.75, 3.05) is 0 Å². The van der Waals surface area contributed by atoms with E-state index >= 15 is 0 Å². The molecular formula is C19H11ClFNO. The van der Waals surface area contributed by atoms with Crippen molar-refractivity contribution in [3.63, 3.8) is 0 Å². The third-order valence-corrected chi connectivity index (χ3v) is 3.66. The molecule has 3 rings (SSSR count). The molecule has 23 heavy (non-hydrogen) atoms. The standard InChI is InChI=1S/C19H11ClFNO/c20-18-4-2-1-3-17(18)19-10-9-16(23-19)11-14(12-22)13-5-7-15(21)8-6-13/h1-11H. The van der Waals surface area contributed by atoms with Crippen LogP contribution in [-0.4, -0.2) is 0 Å². The first-order chi connectivity index (χ1) is 11.2. The van der Waals surface area contributed by atoms with Gasteiger partial charge in [-0.3, -0.25) is 0 Å². The summed E-state index contributed by atoms with van der Waals surface area (Å²) in [5.41, 5.74) is 1.81. The van der Waals surface area contributed by atoms with Crippen molar-refractivity contribution in [2.45, 2.75) is 0 Å². The topological polar surface area (TPSA) is 36.9 Å². The highest BCUT2D eigenvalue weighted by atomic mass is 35.5. The average Bonchev–Trinajstić information content (AvgIpc) is 3.02. The van der Waals surface area contributed by atoms with E-state index in [-0.39, 0.29) is 5.82 Å². The lowest BCUT2D eigenvalue weighted by molar-refractivity contribution is 0.572. The van der Waals surface area contributed by atoms with Crippen molar-refractivity contribution in [1.29, 1.82) is 5.26 Å². The number of nitriles is 1. The van der Waals surface area contributed by atoms with Crippen LogP contribution < -0.4 is 0 Å². The lowest BCUT2D eigenvalue weighted by atomic mass is 10.1. The summed E-state index contributed by atoms with van der Waals surface area (Å²) in [5.74, 6) is 0.809. The van der Waals surface area contributed by atoms with Crippen LogP contribution in [0.3, 0.4) is 0 Å². The van der Waals surface area contributed by atoms with Gasteiger partial charge in [-0.1, -0.05) is 35.9 Å². The molecule has 0 aliphatic heterocycles. The molecule has 0 fully saturated rings. The van der Waals surface area contributed by atoms with Crippen molar-refractivity contribution in [3.8, 4) is 17.4 Å². The Bertz CT molecular complexity index is 904. The number of hydrogen-bond acceptors (Lipinski definition) is 2. The molecule has 3 aromatic rings. The molecule has 0 atom stereocenters. The van der Waals surface area contributed by atoms with Gasteiger partial charge in [-0.05, 0) is 48.0 Å². The van der Waals surface area contributed by atoms with E-state index in [9.17, 15) is 9.65 Å². The second kappa shape index (κ2) is 6.51. The van der Waals surface area contributed by atoms with E-state index in [1.54, 1.807) is 36.4 Å². The highest BCUT2D eigenvalue weighted by Crippen LogP contribution is 2.30. The van der Waals surface area contributed by atoms with E-state index in [0.717, 1.165) is 5.56 Å². The molecule has 0 aliphatic carbocycles. The molecule has 0 radical (unpaired) electrons. The van der Waals surface area contributed by atoms with E-state index in [2.05, 4.69) is 6.07 Å². The Kier molecular flexibility index (Phi) is 4.27. The number of halogens is 2. The molecule has 0 aliphatic rings. The van der Waals surface area contributed by atoms with Crippen molar-refractivity contribution in [1.82, 2.24) is 0 Å². The molecule has 0 unspecified atom stereocenters. The molecule has 2 aromatic carbocycles. The van der Waals surface area contributed by atoms with Gasteiger partial charge in [0.2, 0.25) is 0 Å². The van der Waals surface area contributed by atoms with Gasteiger partial charge in [-0.2, -0.15) is 5.26 Å². The zero-order valence-electron chi connectivity index (χ0n) is 12.0. The largest absolute Gasteiger partial charge is 0.457 e. The van der Waals surface area contributed by atoms with Gasteiger partial charge in [0, 0.05) is 5.56 Å². The quantitative estimate of drug-likeness (QED) is 0.571. The lowest BCUT2D eigenvalue weighted by Crippen LogP contribution is -1.82. The number of benzene rings is 2. The summed E-state index contributed by atoms with van der Waals surface area (Å²) in [6, 6.07) is 18.8. The van der Waals surface area contributed by atoms with Crippen LogP contribution >= 0.6 is 11.6 Å². The predicted molar refractivity (Wildman–Crippen MR) is 89.0 cm³/mol. The fourth-order valence-electron chi connectivity index (χ4n) is 2.19. The zero-order chi connectivity index (χ0) is 16.2. The van der Waals surface area contributed by atoms with Crippen molar-refractivity contribution in [2.24, 2.45) is 0 Å². The van der Waals surface area contributed by atoms with Crippen molar-refractivity contribution in [3.05, 3.63) is 82.8 Å². The number of rotatable bonds is 3. The fourth-order valence-corrected chi connectivity index (χ4v) is 2.42. The van der Waals surface area contributed by atoms with Crippen LogP contribution in [0.2, 0.25) is 5.02 Å². The maximum absolute atomic E-state index is 13.0. The fraction of sp³-hybridized carbons (Fsp3) is 0. The van der Waals surface area contributed by atoms with E-state index in [4.69, 9.17) is 16.0 Å². The molecule has 0 saturated heterocycles. The highest BCUT2D eigenvalue weighted by molar-refractivity contribution is 6.33. The van der Waals surface area contributed by atoms with Gasteiger partial charge in [0.1, 0.15) is 17.3 Å². The van der Waals surface area contributed by atoms with E-state index in [1.165, 1.54) is 12.1 Å². The van der Waals surface area contributed by atoms with Gasteiger partial charge in [0.05, 0.1) is 16.7 Å². The first-order valence-corrected chi connectivity index (χ1v) is 7.27. The monoisotopic (exact) mass is 323 g/mol. The third-order valence-electron chi connectivity index (χ3n) is 3.33. The minimum atomic E-state index is -0.343. The van der Waals surface area contributed by atoms with E-state index < -0.39 is 0 Å². The summed E-state index contributed by atoms with van der Waals surface area (Å²) in [5, 5.41) is 9.90. The Morgan fingerprint density at radius 1 is 1.04 bits per heavy atom. The summed E-state index contributed by atoms with van der Waals surface area (Å²) in [6.45, 7) is 0. The molecule has 0 N–H and O–H groups in total. The third kappa shape index (κ3) is 3.33. The Labute approximate surface area is 138 Å². The van der Waals surface area contributed by atoms with E-state index in [1.807, 2.05) is 18.2 Å². The molecule has 0 bridgehead atoms. The van der Waals surface area contributed by atoms with Crippen molar-refractivity contribution < 1.29 is 8.81 Å². The molecular weight excluding hydrogens is 313 g/mol. The minimum absolute atomic E-state index is 0.343. The summed E-state index contributed by atoms with van der Waals surface area (Å²) in [4.78, 5) is 0. The second-order valence-electron chi connectivity index (χ2n) is 4.86. The summed E-state index contributed by atoms with van der Waals surface area (Å²) < 4.78 is 18.7. The van der Waals surface area contributed by atoms with Gasteiger partial charge < -0.3 is 4.42 Å². The average molecular weight is 324 g/mol. The highest BCUT2D eigenvalue weighted by Gasteiger charge is 2.08. The first-order valence-electron chi connectivity index (χ1n) is 6.90. The Balaban J connectivity index is 1.95. The zero-order valence-corrected chi connectivity index (χ0v) is 12.7. The first kappa shape index (κ1) is 15.1. The van der Waals surface area contributed by atoms with Crippen LogP contribution in [-0.2, 0) is 0 Å². The van der Waals surface area contributed by atoms with Crippen LogP contribution in [0.5, 0.6) is 0 Å². The lowest BCUT2D eigenvalue weighted by Gasteiger charge is -2.00. The van der Waals surface area contributed by atoms with Gasteiger partial charge in [-0.25, -0.2) is 4.39 Å². The minimum Gasteiger partial charge on any atom is -0.457 e. The summed E-state index contributed by atoms with van der Waals surface area (Å²) in [6.07, 6.45) is 1.62. The summed E-state index contributed by atoms with van der Waals surface area (Å²) in [7, 11) is 0. The van der Waals surface area contributed by atoms with Gasteiger partial charge >= 0.3 is 0 Å². The van der Waals surface area contributed by atoms with Crippen molar-refractivity contribution >= 4 is 23.3 Å². The molecule has 2 nitrogen and oxygen atoms in total. The van der Waals surface area contributed by atoms with Crippen LogP contribution in [0.15, 0.2) is 65.1 Å². The van der Waals surface area contributed by atoms with Crippen LogP contribution in [0.4, 0.5) is 4.39 Å². The number of allylic oxidation sites excluding steroid dienone is 1. The van der Waals surface area contributed by atoms with Gasteiger partial charge in [-0.15, -0.1) is 0 Å². The smallest absolute Gasteiger partial charge is 0.136 e. The molecule has 0 saturated carbocycles. The summed E-state index contributed by atoms with van der Waals surface area (Å²) >= 11 is 6.15. The maximum atomic E-state index is 13.0. The van der Waals surface area contributed by atoms with Crippen LogP contribution in [0.1, 0.15) is 11.3 Å². The van der Waals surface area contributed by atoms with Gasteiger partial charge in [0.15, 0.2) is 0 Å². The second-order valence-corrected chi connectivity index (χ2v) is 5.27. The Morgan fingerprint density at radius 2 is 1.78 bits per heavy atom. The maximum Gasteiger partial charge on any atom is 0.136 e. The molecule has 112 valence electrons.